The Labute approximate surface area is 87.9 Å². The summed E-state index contributed by atoms with van der Waals surface area (Å²) in [7, 11) is -3.16. The van der Waals surface area contributed by atoms with Gasteiger partial charge in [0.15, 0.2) is 0 Å². The van der Waals surface area contributed by atoms with Crippen molar-refractivity contribution in [1.82, 2.24) is 4.72 Å². The van der Waals surface area contributed by atoms with Crippen LogP contribution in [0.2, 0.25) is 0 Å². The largest absolute Gasteiger partial charge is 0.396 e. The van der Waals surface area contributed by atoms with Gasteiger partial charge in [-0.25, -0.2) is 13.1 Å². The zero-order chi connectivity index (χ0) is 10.3. The average molecular weight is 274 g/mol. The molecule has 1 unspecified atom stereocenters. The molecule has 0 aromatic carbocycles. The van der Waals surface area contributed by atoms with Crippen LogP contribution in [0.4, 0.5) is 0 Å². The van der Waals surface area contributed by atoms with Crippen LogP contribution in [0.3, 0.4) is 0 Å². The average Bonchev–Trinajstić information content (AvgIpc) is 2.12. The molecule has 0 aromatic heterocycles. The van der Waals surface area contributed by atoms with Crippen molar-refractivity contribution in [3.05, 3.63) is 0 Å². The van der Waals surface area contributed by atoms with Crippen LogP contribution < -0.4 is 4.72 Å². The number of halogens is 1. The van der Waals surface area contributed by atoms with Crippen molar-refractivity contribution in [2.75, 3.05) is 17.8 Å². The molecule has 0 radical (unpaired) electrons. The first-order chi connectivity index (χ1) is 6.05. The summed E-state index contributed by atoms with van der Waals surface area (Å²) in [4.78, 5) is 0. The van der Waals surface area contributed by atoms with Gasteiger partial charge in [-0.2, -0.15) is 0 Å². The zero-order valence-corrected chi connectivity index (χ0v) is 10.1. The van der Waals surface area contributed by atoms with Crippen molar-refractivity contribution >= 4 is 26.0 Å². The third kappa shape index (κ3) is 6.42. The van der Waals surface area contributed by atoms with Crippen molar-refractivity contribution < 1.29 is 13.5 Å². The molecular formula is C7H16BrNO3S. The molecule has 2 N–H and O–H groups in total. The topological polar surface area (TPSA) is 66.4 Å². The molecule has 1 atom stereocenters. The van der Waals surface area contributed by atoms with Gasteiger partial charge in [-0.15, -0.1) is 0 Å². The van der Waals surface area contributed by atoms with E-state index in [4.69, 9.17) is 5.11 Å². The molecule has 13 heavy (non-hydrogen) atoms. The SMILES string of the molecule is CCC(CCO)CNS(=O)(=O)CBr. The molecule has 0 fully saturated rings. The predicted molar refractivity (Wildman–Crippen MR) is 56.2 cm³/mol. The molecule has 0 spiro atoms. The maximum atomic E-state index is 11.0. The van der Waals surface area contributed by atoms with E-state index in [1.54, 1.807) is 0 Å². The lowest BCUT2D eigenvalue weighted by Crippen LogP contribution is -2.30. The van der Waals surface area contributed by atoms with Gasteiger partial charge < -0.3 is 5.11 Å². The Morgan fingerprint density at radius 1 is 1.54 bits per heavy atom. The second-order valence-corrected chi connectivity index (χ2v) is 5.97. The Hall–Kier alpha value is 0.350. The highest BCUT2D eigenvalue weighted by Gasteiger charge is 2.11. The number of aliphatic hydroxyl groups is 1. The van der Waals surface area contributed by atoms with Gasteiger partial charge in [-0.3, -0.25) is 0 Å². The molecule has 0 aromatic rings. The lowest BCUT2D eigenvalue weighted by molar-refractivity contribution is 0.254. The standard InChI is InChI=1S/C7H16BrNO3S/c1-2-7(3-4-10)5-9-13(11,12)6-8/h7,9-10H,2-6H2,1H3. The van der Waals surface area contributed by atoms with Crippen LogP contribution in [-0.2, 0) is 10.0 Å². The lowest BCUT2D eigenvalue weighted by Gasteiger charge is -2.13. The first-order valence-corrected chi connectivity index (χ1v) is 6.97. The van der Waals surface area contributed by atoms with E-state index >= 15 is 0 Å². The summed E-state index contributed by atoms with van der Waals surface area (Å²) in [5.41, 5.74) is 0. The van der Waals surface area contributed by atoms with Crippen LogP contribution in [0.15, 0.2) is 0 Å². The molecule has 0 aliphatic heterocycles. The normalized spacial score (nSPS) is 14.4. The fourth-order valence-electron chi connectivity index (χ4n) is 0.916. The van der Waals surface area contributed by atoms with Crippen LogP contribution in [0.1, 0.15) is 19.8 Å². The monoisotopic (exact) mass is 273 g/mol. The molecule has 80 valence electrons. The summed E-state index contributed by atoms with van der Waals surface area (Å²) < 4.78 is 24.4. The van der Waals surface area contributed by atoms with Crippen LogP contribution in [0, 0.1) is 5.92 Å². The van der Waals surface area contributed by atoms with Gasteiger partial charge >= 0.3 is 0 Å². The third-order valence-corrected chi connectivity index (χ3v) is 4.55. The highest BCUT2D eigenvalue weighted by atomic mass is 79.9. The fourth-order valence-corrected chi connectivity index (χ4v) is 1.97. The Morgan fingerprint density at radius 3 is 2.54 bits per heavy atom. The van der Waals surface area contributed by atoms with E-state index in [9.17, 15) is 8.42 Å². The Kier molecular flexibility index (Phi) is 6.93. The number of rotatable bonds is 7. The third-order valence-electron chi connectivity index (χ3n) is 1.85. The molecule has 0 saturated carbocycles. The van der Waals surface area contributed by atoms with Gasteiger partial charge in [0, 0.05) is 13.2 Å². The van der Waals surface area contributed by atoms with Crippen molar-refractivity contribution in [1.29, 1.82) is 0 Å². The molecule has 6 heteroatoms. The number of hydrogen-bond acceptors (Lipinski definition) is 3. The van der Waals surface area contributed by atoms with Gasteiger partial charge in [0.2, 0.25) is 10.0 Å². The van der Waals surface area contributed by atoms with E-state index in [0.717, 1.165) is 6.42 Å². The Balaban J connectivity index is 3.84. The first kappa shape index (κ1) is 13.4. The summed E-state index contributed by atoms with van der Waals surface area (Å²) in [6, 6.07) is 0. The van der Waals surface area contributed by atoms with Crippen LogP contribution in [0.5, 0.6) is 0 Å². The number of nitrogens with one attached hydrogen (secondary N) is 1. The maximum Gasteiger partial charge on any atom is 0.221 e. The second-order valence-electron chi connectivity index (χ2n) is 2.86. The number of hydrogen-bond donors (Lipinski definition) is 2. The minimum absolute atomic E-state index is 0.0738. The predicted octanol–water partition coefficient (Wildman–Crippen LogP) is 0.667. The smallest absolute Gasteiger partial charge is 0.221 e. The van der Waals surface area contributed by atoms with E-state index in [0.29, 0.717) is 13.0 Å². The minimum Gasteiger partial charge on any atom is -0.396 e. The van der Waals surface area contributed by atoms with E-state index in [1.165, 1.54) is 0 Å². The Bertz CT molecular complexity index is 218. The van der Waals surface area contributed by atoms with Crippen molar-refractivity contribution in [3.8, 4) is 0 Å². The van der Waals surface area contributed by atoms with Crippen LogP contribution in [0.25, 0.3) is 0 Å². The maximum absolute atomic E-state index is 11.0. The van der Waals surface area contributed by atoms with E-state index in [1.807, 2.05) is 6.92 Å². The first-order valence-electron chi connectivity index (χ1n) is 4.20. The summed E-state index contributed by atoms with van der Waals surface area (Å²) in [5, 5.41) is 8.67. The van der Waals surface area contributed by atoms with Crippen molar-refractivity contribution in [3.63, 3.8) is 0 Å². The minimum atomic E-state index is -3.16. The number of aliphatic hydroxyl groups excluding tert-OH is 1. The molecule has 4 nitrogen and oxygen atoms in total. The van der Waals surface area contributed by atoms with Gasteiger partial charge in [0.05, 0.1) is 0 Å². The quantitative estimate of drug-likeness (QED) is 0.670. The molecule has 0 amide bonds. The van der Waals surface area contributed by atoms with Crippen LogP contribution >= 0.6 is 15.9 Å². The molecule has 0 aliphatic carbocycles. The second kappa shape index (κ2) is 6.75. The van der Waals surface area contributed by atoms with Gasteiger partial charge in [0.1, 0.15) is 4.66 Å². The number of sulfonamides is 1. The molecule has 0 bridgehead atoms. The van der Waals surface area contributed by atoms with E-state index in [-0.39, 0.29) is 17.2 Å². The lowest BCUT2D eigenvalue weighted by atomic mass is 10.0. The summed E-state index contributed by atoms with van der Waals surface area (Å²) in [5.74, 6) is 0.221. The molecule has 0 saturated heterocycles. The highest BCUT2D eigenvalue weighted by molar-refractivity contribution is 9.10. The molecule has 0 aliphatic rings. The highest BCUT2D eigenvalue weighted by Crippen LogP contribution is 2.06. The Morgan fingerprint density at radius 2 is 2.15 bits per heavy atom. The van der Waals surface area contributed by atoms with E-state index < -0.39 is 10.0 Å². The van der Waals surface area contributed by atoms with Gasteiger partial charge in [-0.05, 0) is 12.3 Å². The number of alkyl halides is 1. The van der Waals surface area contributed by atoms with Crippen LogP contribution in [-0.4, -0.2) is 31.3 Å². The van der Waals surface area contributed by atoms with Gasteiger partial charge in [0.25, 0.3) is 0 Å². The summed E-state index contributed by atoms with van der Waals surface area (Å²) in [6.07, 6.45) is 1.51. The summed E-state index contributed by atoms with van der Waals surface area (Å²) in [6.45, 7) is 2.49. The van der Waals surface area contributed by atoms with Crippen molar-refractivity contribution in [2.24, 2.45) is 5.92 Å². The molecule has 0 rings (SSSR count). The molecular weight excluding hydrogens is 258 g/mol. The summed E-state index contributed by atoms with van der Waals surface area (Å²) >= 11 is 2.88. The fraction of sp³-hybridized carbons (Fsp3) is 1.00. The zero-order valence-electron chi connectivity index (χ0n) is 7.66. The van der Waals surface area contributed by atoms with E-state index in [2.05, 4.69) is 20.7 Å². The molecule has 0 heterocycles. The van der Waals surface area contributed by atoms with Gasteiger partial charge in [-0.1, -0.05) is 29.3 Å². The van der Waals surface area contributed by atoms with Crippen molar-refractivity contribution in [2.45, 2.75) is 19.8 Å².